The van der Waals surface area contributed by atoms with E-state index in [2.05, 4.69) is 0 Å². The van der Waals surface area contributed by atoms with Crippen molar-refractivity contribution in [3.8, 4) is 17.2 Å². The molecule has 1 aliphatic heterocycles. The lowest BCUT2D eigenvalue weighted by Gasteiger charge is -2.26. The second-order valence-electron chi connectivity index (χ2n) is 8.28. The van der Waals surface area contributed by atoms with Crippen LogP contribution in [0.3, 0.4) is 0 Å². The standard InChI is InChI=1S/C27H21ClFNO6/c1-13-5-7-16(12-18(13)28)30-23(14-9-20(33-2)25(35-4)21(10-14)34-3)22-24(31)17-11-15(29)6-8-19(17)36-26(22)27(30)32/h5-12,23H,1-4H3. The molecule has 5 rings (SSSR count). The first-order chi connectivity index (χ1) is 17.3. The van der Waals surface area contributed by atoms with Crippen LogP contribution in [0.25, 0.3) is 11.0 Å². The summed E-state index contributed by atoms with van der Waals surface area (Å²) >= 11 is 6.39. The Kier molecular flexibility index (Phi) is 5.84. The predicted octanol–water partition coefficient (Wildman–Crippen LogP) is 5.67. The van der Waals surface area contributed by atoms with Gasteiger partial charge in [-0.05, 0) is 60.5 Å². The molecule has 1 unspecified atom stereocenters. The molecular weight excluding hydrogens is 489 g/mol. The average molecular weight is 510 g/mol. The van der Waals surface area contributed by atoms with E-state index in [1.807, 2.05) is 6.92 Å². The molecule has 0 saturated heterocycles. The van der Waals surface area contributed by atoms with Gasteiger partial charge in [0.25, 0.3) is 5.91 Å². The third-order valence-electron chi connectivity index (χ3n) is 6.27. The van der Waals surface area contributed by atoms with Gasteiger partial charge in [0, 0.05) is 10.7 Å². The molecule has 0 saturated carbocycles. The summed E-state index contributed by atoms with van der Waals surface area (Å²) in [5.74, 6) is -0.227. The number of amides is 1. The first-order valence-corrected chi connectivity index (χ1v) is 11.3. The molecule has 0 fully saturated rings. The van der Waals surface area contributed by atoms with E-state index in [-0.39, 0.29) is 22.3 Å². The fraction of sp³-hybridized carbons (Fsp3) is 0.185. The van der Waals surface area contributed by atoms with Crippen LogP contribution >= 0.6 is 11.6 Å². The highest BCUT2D eigenvalue weighted by Gasteiger charge is 2.44. The number of hydrogen-bond acceptors (Lipinski definition) is 6. The number of benzene rings is 3. The molecular formula is C27H21ClFNO6. The lowest BCUT2D eigenvalue weighted by Crippen LogP contribution is -2.29. The zero-order valence-corrected chi connectivity index (χ0v) is 20.6. The van der Waals surface area contributed by atoms with Crippen LogP contribution < -0.4 is 24.5 Å². The molecule has 0 bridgehead atoms. The summed E-state index contributed by atoms with van der Waals surface area (Å²) < 4.78 is 36.4. The van der Waals surface area contributed by atoms with Crippen LogP contribution in [0.4, 0.5) is 10.1 Å². The van der Waals surface area contributed by atoms with Gasteiger partial charge in [-0.25, -0.2) is 4.39 Å². The van der Waals surface area contributed by atoms with E-state index < -0.39 is 23.2 Å². The van der Waals surface area contributed by atoms with Gasteiger partial charge in [-0.2, -0.15) is 0 Å². The van der Waals surface area contributed by atoms with Crippen molar-refractivity contribution in [3.05, 3.63) is 92.0 Å². The Hall–Kier alpha value is -4.04. The summed E-state index contributed by atoms with van der Waals surface area (Å²) in [4.78, 5) is 28.9. The summed E-state index contributed by atoms with van der Waals surface area (Å²) in [5, 5.41) is 0.481. The van der Waals surface area contributed by atoms with E-state index in [1.165, 1.54) is 38.4 Å². The first-order valence-electron chi connectivity index (χ1n) is 10.9. The van der Waals surface area contributed by atoms with Crippen molar-refractivity contribution >= 4 is 34.2 Å². The summed E-state index contributed by atoms with van der Waals surface area (Å²) in [6.45, 7) is 1.84. The maximum absolute atomic E-state index is 14.1. The zero-order chi connectivity index (χ0) is 25.7. The number of fused-ring (bicyclic) bond motifs is 2. The molecule has 1 amide bonds. The molecule has 2 heterocycles. The fourth-order valence-corrected chi connectivity index (χ4v) is 4.69. The summed E-state index contributed by atoms with van der Waals surface area (Å²) in [7, 11) is 4.42. The van der Waals surface area contributed by atoms with E-state index in [0.717, 1.165) is 11.6 Å². The molecule has 0 spiro atoms. The number of carbonyl (C=O) groups excluding carboxylic acids is 1. The van der Waals surface area contributed by atoms with Crippen molar-refractivity contribution in [1.82, 2.24) is 0 Å². The number of ether oxygens (including phenoxy) is 3. The molecule has 1 atom stereocenters. The van der Waals surface area contributed by atoms with Crippen LogP contribution in [-0.4, -0.2) is 27.2 Å². The van der Waals surface area contributed by atoms with Crippen molar-refractivity contribution in [3.63, 3.8) is 0 Å². The fourth-order valence-electron chi connectivity index (χ4n) is 4.52. The zero-order valence-electron chi connectivity index (χ0n) is 19.8. The first kappa shape index (κ1) is 23.7. The second kappa shape index (κ2) is 8.87. The highest BCUT2D eigenvalue weighted by Crippen LogP contribution is 2.46. The van der Waals surface area contributed by atoms with Crippen molar-refractivity contribution in [1.29, 1.82) is 0 Å². The number of rotatable bonds is 5. The van der Waals surface area contributed by atoms with Gasteiger partial charge >= 0.3 is 0 Å². The number of nitrogens with zero attached hydrogens (tertiary/aromatic N) is 1. The summed E-state index contributed by atoms with van der Waals surface area (Å²) in [6.07, 6.45) is 0. The second-order valence-corrected chi connectivity index (χ2v) is 8.69. The molecule has 7 nitrogen and oxygen atoms in total. The van der Waals surface area contributed by atoms with Crippen molar-refractivity contribution in [2.24, 2.45) is 0 Å². The Bertz CT molecular complexity index is 1570. The topological polar surface area (TPSA) is 78.2 Å². The van der Waals surface area contributed by atoms with Crippen LogP contribution in [0.2, 0.25) is 5.02 Å². The number of aryl methyl sites for hydroxylation is 1. The average Bonchev–Trinajstić information content (AvgIpc) is 3.17. The molecule has 0 N–H and O–H groups in total. The lowest BCUT2D eigenvalue weighted by atomic mass is 9.97. The lowest BCUT2D eigenvalue weighted by molar-refractivity contribution is 0.0971. The number of anilines is 1. The molecule has 1 aromatic heterocycles. The minimum atomic E-state index is -0.941. The SMILES string of the molecule is COc1cc(C2c3c(oc4ccc(F)cc4c3=O)C(=O)N2c2ccc(C)c(Cl)c2)cc(OC)c1OC. The molecule has 0 aliphatic carbocycles. The van der Waals surface area contributed by atoms with Crippen molar-refractivity contribution in [2.75, 3.05) is 26.2 Å². The number of carbonyl (C=O) groups is 1. The van der Waals surface area contributed by atoms with E-state index >= 15 is 0 Å². The Morgan fingerprint density at radius 1 is 0.944 bits per heavy atom. The molecule has 184 valence electrons. The van der Waals surface area contributed by atoms with Gasteiger partial charge < -0.3 is 18.6 Å². The van der Waals surface area contributed by atoms with Gasteiger partial charge in [0.05, 0.1) is 38.3 Å². The van der Waals surface area contributed by atoms with E-state index in [1.54, 1.807) is 30.3 Å². The van der Waals surface area contributed by atoms with Crippen LogP contribution in [0.1, 0.15) is 33.3 Å². The minimum absolute atomic E-state index is 0.0304. The number of methoxy groups -OCH3 is 3. The highest BCUT2D eigenvalue weighted by molar-refractivity contribution is 6.31. The van der Waals surface area contributed by atoms with Gasteiger partial charge in [-0.3, -0.25) is 14.5 Å². The third-order valence-corrected chi connectivity index (χ3v) is 6.68. The maximum atomic E-state index is 14.1. The monoisotopic (exact) mass is 509 g/mol. The summed E-state index contributed by atoms with van der Waals surface area (Å²) in [5.41, 5.74) is 1.44. The van der Waals surface area contributed by atoms with Crippen LogP contribution in [0.5, 0.6) is 17.2 Å². The van der Waals surface area contributed by atoms with Gasteiger partial charge in [0.1, 0.15) is 11.4 Å². The molecule has 36 heavy (non-hydrogen) atoms. The molecule has 1 aliphatic rings. The molecule has 3 aromatic carbocycles. The Morgan fingerprint density at radius 2 is 1.64 bits per heavy atom. The predicted molar refractivity (Wildman–Crippen MR) is 133 cm³/mol. The molecule has 0 radical (unpaired) electrons. The molecule has 9 heteroatoms. The van der Waals surface area contributed by atoms with Crippen LogP contribution in [-0.2, 0) is 0 Å². The van der Waals surface area contributed by atoms with E-state index in [9.17, 15) is 14.0 Å². The van der Waals surface area contributed by atoms with Gasteiger partial charge in [-0.15, -0.1) is 0 Å². The van der Waals surface area contributed by atoms with Crippen molar-refractivity contribution < 1.29 is 27.8 Å². The Balaban J connectivity index is 1.85. The maximum Gasteiger partial charge on any atom is 0.295 e. The normalized spacial score (nSPS) is 14.8. The Morgan fingerprint density at radius 3 is 2.25 bits per heavy atom. The number of hydrogen-bond donors (Lipinski definition) is 0. The van der Waals surface area contributed by atoms with Crippen LogP contribution in [0.15, 0.2) is 57.7 Å². The number of halogens is 2. The van der Waals surface area contributed by atoms with Crippen molar-refractivity contribution in [2.45, 2.75) is 13.0 Å². The quantitative estimate of drug-likeness (QED) is 0.345. The van der Waals surface area contributed by atoms with Crippen LogP contribution in [0, 0.1) is 12.7 Å². The van der Waals surface area contributed by atoms with Gasteiger partial charge in [0.2, 0.25) is 11.5 Å². The minimum Gasteiger partial charge on any atom is -0.493 e. The third kappa shape index (κ3) is 3.56. The Labute approximate surface area is 210 Å². The molecule has 4 aromatic rings. The highest BCUT2D eigenvalue weighted by atomic mass is 35.5. The smallest absolute Gasteiger partial charge is 0.295 e. The van der Waals surface area contributed by atoms with Gasteiger partial charge in [0.15, 0.2) is 16.9 Å². The summed E-state index contributed by atoms with van der Waals surface area (Å²) in [6, 6.07) is 11.1. The largest absolute Gasteiger partial charge is 0.493 e. The van der Waals surface area contributed by atoms with Gasteiger partial charge in [-0.1, -0.05) is 17.7 Å². The van der Waals surface area contributed by atoms with E-state index in [0.29, 0.717) is 33.5 Å². The van der Waals surface area contributed by atoms with E-state index in [4.69, 9.17) is 30.2 Å².